The molecule has 1 aliphatic heterocycles. The second-order valence-corrected chi connectivity index (χ2v) is 8.22. The van der Waals surface area contributed by atoms with Gasteiger partial charge in [-0.05, 0) is 67.4 Å². The van der Waals surface area contributed by atoms with Crippen molar-refractivity contribution in [2.45, 2.75) is 19.3 Å². The molecule has 1 saturated heterocycles. The number of hydrogen-bond donors (Lipinski definition) is 0. The van der Waals surface area contributed by atoms with Gasteiger partial charge in [-0.2, -0.15) is 5.10 Å². The van der Waals surface area contributed by atoms with E-state index in [1.54, 1.807) is 60.7 Å². The molecule has 0 saturated carbocycles. The van der Waals surface area contributed by atoms with E-state index in [0.29, 0.717) is 35.5 Å². The Kier molecular flexibility index (Phi) is 5.82. The Morgan fingerprint density at radius 3 is 2.23 bits per heavy atom. The van der Waals surface area contributed by atoms with Gasteiger partial charge in [0.2, 0.25) is 5.91 Å². The minimum atomic E-state index is -0.630. The number of anilines is 1. The minimum Gasteiger partial charge on any atom is -0.497 e. The molecule has 35 heavy (non-hydrogen) atoms. The number of methoxy groups -OCH3 is 2. The molecule has 0 N–H and O–H groups in total. The molecule has 3 heterocycles. The van der Waals surface area contributed by atoms with Crippen LogP contribution in [0.3, 0.4) is 0 Å². The number of amides is 1. The van der Waals surface area contributed by atoms with E-state index in [2.05, 4.69) is 5.10 Å². The minimum absolute atomic E-state index is 0.0570. The Morgan fingerprint density at radius 2 is 1.57 bits per heavy atom. The predicted octanol–water partition coefficient (Wildman–Crippen LogP) is 3.49. The molecule has 0 atom stereocenters. The van der Waals surface area contributed by atoms with Crippen LogP contribution in [0.4, 0.5) is 5.69 Å². The molecule has 0 spiro atoms. The van der Waals surface area contributed by atoms with E-state index in [1.165, 1.54) is 16.4 Å². The maximum Gasteiger partial charge on any atom is 0.359 e. The third-order valence-electron chi connectivity index (χ3n) is 6.19. The number of fused-ring (bicyclic) bond motifs is 1. The molecular formula is C26H24N4O5. The number of esters is 1. The lowest BCUT2D eigenvalue weighted by atomic mass is 10.1. The molecular weight excluding hydrogens is 448 g/mol. The fraction of sp³-hybridized carbons (Fsp3) is 0.231. The summed E-state index contributed by atoms with van der Waals surface area (Å²) < 4.78 is 13.0. The van der Waals surface area contributed by atoms with Gasteiger partial charge in [0.15, 0.2) is 5.69 Å². The lowest BCUT2D eigenvalue weighted by molar-refractivity contribution is -0.119. The summed E-state index contributed by atoms with van der Waals surface area (Å²) >= 11 is 0. The van der Waals surface area contributed by atoms with Crippen molar-refractivity contribution in [2.24, 2.45) is 0 Å². The van der Waals surface area contributed by atoms with Crippen LogP contribution in [0.2, 0.25) is 0 Å². The molecule has 0 unspecified atom stereocenters. The first-order chi connectivity index (χ1) is 17.0. The summed E-state index contributed by atoms with van der Waals surface area (Å²) in [4.78, 5) is 40.1. The molecule has 1 aliphatic rings. The van der Waals surface area contributed by atoms with Crippen LogP contribution in [0.25, 0.3) is 22.3 Å². The van der Waals surface area contributed by atoms with Gasteiger partial charge in [-0.3, -0.25) is 14.2 Å². The van der Waals surface area contributed by atoms with Gasteiger partial charge in [0.1, 0.15) is 11.3 Å². The highest BCUT2D eigenvalue weighted by molar-refractivity contribution is 6.02. The zero-order chi connectivity index (χ0) is 24.5. The highest BCUT2D eigenvalue weighted by Crippen LogP contribution is 2.25. The van der Waals surface area contributed by atoms with Crippen LogP contribution in [0.1, 0.15) is 29.8 Å². The first-order valence-corrected chi connectivity index (χ1v) is 11.3. The van der Waals surface area contributed by atoms with Gasteiger partial charge in [0, 0.05) is 35.9 Å². The van der Waals surface area contributed by atoms with Crippen LogP contribution in [-0.4, -0.2) is 47.0 Å². The van der Waals surface area contributed by atoms with Crippen LogP contribution in [-0.2, 0) is 9.53 Å². The number of nitrogens with zero attached hydrogens (tertiary/aromatic N) is 4. The summed E-state index contributed by atoms with van der Waals surface area (Å²) in [5.74, 6) is 0.138. The topological polar surface area (TPSA) is 95.7 Å². The van der Waals surface area contributed by atoms with Gasteiger partial charge in [-0.1, -0.05) is 0 Å². The van der Waals surface area contributed by atoms with Crippen molar-refractivity contribution in [1.29, 1.82) is 0 Å². The molecule has 9 heteroatoms. The van der Waals surface area contributed by atoms with Gasteiger partial charge >= 0.3 is 5.97 Å². The largest absolute Gasteiger partial charge is 0.497 e. The van der Waals surface area contributed by atoms with Crippen molar-refractivity contribution < 1.29 is 19.1 Å². The van der Waals surface area contributed by atoms with E-state index in [0.717, 1.165) is 18.5 Å². The highest BCUT2D eigenvalue weighted by Gasteiger charge is 2.23. The molecule has 178 valence electrons. The monoisotopic (exact) mass is 472 g/mol. The lowest BCUT2D eigenvalue weighted by Crippen LogP contribution is -2.35. The zero-order valence-electron chi connectivity index (χ0n) is 19.4. The Balaban J connectivity index is 1.62. The molecule has 1 fully saturated rings. The molecule has 5 rings (SSSR count). The number of carbonyl (C=O) groups excluding carboxylic acids is 2. The smallest absolute Gasteiger partial charge is 0.359 e. The summed E-state index contributed by atoms with van der Waals surface area (Å²) in [5.41, 5.74) is 1.99. The van der Waals surface area contributed by atoms with E-state index >= 15 is 0 Å². The Bertz CT molecular complexity index is 1470. The Morgan fingerprint density at radius 1 is 0.886 bits per heavy atom. The summed E-state index contributed by atoms with van der Waals surface area (Å²) in [6, 6.07) is 16.0. The molecule has 0 radical (unpaired) electrons. The molecule has 9 nitrogen and oxygen atoms in total. The number of aromatic nitrogens is 3. The van der Waals surface area contributed by atoms with Gasteiger partial charge < -0.3 is 14.4 Å². The second-order valence-electron chi connectivity index (χ2n) is 8.22. The first kappa shape index (κ1) is 22.4. The quantitative estimate of drug-likeness (QED) is 0.413. The summed E-state index contributed by atoms with van der Waals surface area (Å²) in [5, 5.41) is 4.80. The van der Waals surface area contributed by atoms with Crippen molar-refractivity contribution in [3.8, 4) is 17.1 Å². The molecule has 0 bridgehead atoms. The number of ether oxygens (including phenoxy) is 2. The first-order valence-electron chi connectivity index (χ1n) is 11.3. The summed E-state index contributed by atoms with van der Waals surface area (Å²) in [6.07, 6.45) is 4.05. The third-order valence-corrected chi connectivity index (χ3v) is 6.19. The molecule has 2 aromatic heterocycles. The number of rotatable bonds is 5. The molecule has 2 aromatic carbocycles. The van der Waals surface area contributed by atoms with Crippen LogP contribution in [0.5, 0.6) is 5.75 Å². The van der Waals surface area contributed by atoms with E-state index in [-0.39, 0.29) is 22.7 Å². The van der Waals surface area contributed by atoms with Gasteiger partial charge in [-0.25, -0.2) is 9.48 Å². The molecule has 4 aromatic rings. The van der Waals surface area contributed by atoms with Crippen LogP contribution < -0.4 is 15.2 Å². The van der Waals surface area contributed by atoms with E-state index in [1.807, 2.05) is 12.1 Å². The SMILES string of the molecule is COC(=O)c1nn(-c2ccc(OC)cc2)c2c(=O)n(-c3ccc(N4CCCCC4=O)cc3)ccc12. The van der Waals surface area contributed by atoms with Crippen molar-refractivity contribution in [1.82, 2.24) is 14.3 Å². The van der Waals surface area contributed by atoms with Gasteiger partial charge in [0.25, 0.3) is 5.56 Å². The fourth-order valence-electron chi connectivity index (χ4n) is 4.36. The van der Waals surface area contributed by atoms with Crippen LogP contribution >= 0.6 is 0 Å². The third kappa shape index (κ3) is 3.95. The summed E-state index contributed by atoms with van der Waals surface area (Å²) in [7, 11) is 2.84. The number of piperidine rings is 1. The van der Waals surface area contributed by atoms with Crippen molar-refractivity contribution in [2.75, 3.05) is 25.7 Å². The fourth-order valence-corrected chi connectivity index (χ4v) is 4.36. The highest BCUT2D eigenvalue weighted by atomic mass is 16.5. The van der Waals surface area contributed by atoms with Gasteiger partial charge in [-0.15, -0.1) is 0 Å². The average Bonchev–Trinajstić information content (AvgIpc) is 3.29. The van der Waals surface area contributed by atoms with Crippen molar-refractivity contribution in [3.05, 3.63) is 76.8 Å². The number of carbonyl (C=O) groups is 2. The lowest BCUT2D eigenvalue weighted by Gasteiger charge is -2.26. The maximum absolute atomic E-state index is 13.7. The second kappa shape index (κ2) is 9.09. The van der Waals surface area contributed by atoms with Crippen molar-refractivity contribution in [3.63, 3.8) is 0 Å². The Labute approximate surface area is 201 Å². The zero-order valence-corrected chi connectivity index (χ0v) is 19.4. The predicted molar refractivity (Wildman–Crippen MR) is 131 cm³/mol. The molecule has 1 amide bonds. The van der Waals surface area contributed by atoms with E-state index < -0.39 is 5.97 Å². The molecule has 0 aliphatic carbocycles. The van der Waals surface area contributed by atoms with Crippen LogP contribution in [0, 0.1) is 0 Å². The van der Waals surface area contributed by atoms with E-state index in [4.69, 9.17) is 9.47 Å². The van der Waals surface area contributed by atoms with E-state index in [9.17, 15) is 14.4 Å². The summed E-state index contributed by atoms with van der Waals surface area (Å²) in [6.45, 7) is 0.696. The Hall–Kier alpha value is -4.40. The number of benzene rings is 2. The van der Waals surface area contributed by atoms with Crippen molar-refractivity contribution >= 4 is 28.5 Å². The van der Waals surface area contributed by atoms with Gasteiger partial charge in [0.05, 0.1) is 19.9 Å². The standard InChI is InChI=1S/C26H24N4O5/c1-34-20-12-10-19(11-13-20)30-24-21(23(27-30)26(33)35-2)14-16-29(25(24)32)18-8-6-17(7-9-18)28-15-4-3-5-22(28)31/h6-14,16H,3-5,15H2,1-2H3. The number of pyridine rings is 1. The van der Waals surface area contributed by atoms with Crippen LogP contribution in [0.15, 0.2) is 65.6 Å². The maximum atomic E-state index is 13.7. The normalized spacial score (nSPS) is 13.8. The average molecular weight is 473 g/mol. The number of hydrogen-bond acceptors (Lipinski definition) is 6.